The lowest BCUT2D eigenvalue weighted by Gasteiger charge is -2.31. The summed E-state index contributed by atoms with van der Waals surface area (Å²) in [5.74, 6) is 1.61. The zero-order valence-electron chi connectivity index (χ0n) is 14.4. The van der Waals surface area contributed by atoms with Gasteiger partial charge in [0, 0.05) is 38.5 Å². The average molecular weight is 325 g/mol. The zero-order valence-corrected chi connectivity index (χ0v) is 14.4. The molecule has 4 heteroatoms. The Kier molecular flexibility index (Phi) is 6.21. The molecule has 128 valence electrons. The molecule has 0 spiro atoms. The summed E-state index contributed by atoms with van der Waals surface area (Å²) in [5.41, 5.74) is 1.31. The van der Waals surface area contributed by atoms with E-state index in [0.29, 0.717) is 12.0 Å². The first kappa shape index (κ1) is 16.9. The van der Waals surface area contributed by atoms with E-state index in [-0.39, 0.29) is 0 Å². The van der Waals surface area contributed by atoms with Crippen molar-refractivity contribution in [3.63, 3.8) is 0 Å². The molecule has 2 aromatic rings. The number of hydrogen-bond donors (Lipinski definition) is 1. The summed E-state index contributed by atoms with van der Waals surface area (Å²) < 4.78 is 5.53. The Morgan fingerprint density at radius 3 is 2.75 bits per heavy atom. The molecule has 0 radical (unpaired) electrons. The molecule has 1 aliphatic rings. The third-order valence-corrected chi connectivity index (χ3v) is 4.62. The Morgan fingerprint density at radius 1 is 1.17 bits per heavy atom. The number of pyridine rings is 1. The monoisotopic (exact) mass is 325 g/mol. The number of ether oxygens (including phenoxy) is 1. The van der Waals surface area contributed by atoms with Gasteiger partial charge >= 0.3 is 0 Å². The summed E-state index contributed by atoms with van der Waals surface area (Å²) in [6.45, 7) is 6.77. The molecule has 4 nitrogen and oxygen atoms in total. The van der Waals surface area contributed by atoms with Gasteiger partial charge in [-0.1, -0.05) is 43.3 Å². The lowest BCUT2D eigenvalue weighted by molar-refractivity contribution is 0.0394. The van der Waals surface area contributed by atoms with E-state index in [9.17, 15) is 0 Å². The van der Waals surface area contributed by atoms with Gasteiger partial charge in [0.05, 0.1) is 6.61 Å². The fraction of sp³-hybridized carbons (Fsp3) is 0.450. The van der Waals surface area contributed by atoms with Crippen LogP contribution in [0.4, 0.5) is 5.82 Å². The van der Waals surface area contributed by atoms with E-state index in [2.05, 4.69) is 58.5 Å². The highest BCUT2D eigenvalue weighted by Crippen LogP contribution is 2.15. The van der Waals surface area contributed by atoms with Crippen molar-refractivity contribution in [1.82, 2.24) is 10.3 Å². The minimum Gasteiger partial charge on any atom is -0.381 e. The second-order valence-corrected chi connectivity index (χ2v) is 6.50. The fourth-order valence-corrected chi connectivity index (χ4v) is 3.19. The predicted molar refractivity (Wildman–Crippen MR) is 98.1 cm³/mol. The molecular formula is C20H27N3O. The van der Waals surface area contributed by atoms with Crippen LogP contribution in [0.1, 0.15) is 18.9 Å². The molecule has 1 aromatic heterocycles. The second kappa shape index (κ2) is 8.81. The van der Waals surface area contributed by atoms with Crippen molar-refractivity contribution in [3.8, 4) is 0 Å². The quantitative estimate of drug-likeness (QED) is 0.849. The van der Waals surface area contributed by atoms with Crippen LogP contribution in [0.25, 0.3) is 0 Å². The van der Waals surface area contributed by atoms with Gasteiger partial charge in [0.25, 0.3) is 0 Å². The van der Waals surface area contributed by atoms with Crippen LogP contribution in [0.3, 0.4) is 0 Å². The number of nitrogens with zero attached hydrogens (tertiary/aromatic N) is 2. The predicted octanol–water partition coefficient (Wildman–Crippen LogP) is 3.10. The van der Waals surface area contributed by atoms with E-state index in [0.717, 1.165) is 45.1 Å². The number of hydrogen-bond acceptors (Lipinski definition) is 4. The van der Waals surface area contributed by atoms with Crippen LogP contribution >= 0.6 is 0 Å². The van der Waals surface area contributed by atoms with Crippen molar-refractivity contribution < 1.29 is 4.74 Å². The highest BCUT2D eigenvalue weighted by molar-refractivity contribution is 5.39. The Balaban J connectivity index is 1.60. The molecular weight excluding hydrogens is 298 g/mol. The van der Waals surface area contributed by atoms with E-state index < -0.39 is 0 Å². The van der Waals surface area contributed by atoms with E-state index >= 15 is 0 Å². The largest absolute Gasteiger partial charge is 0.381 e. The minimum atomic E-state index is 0.557. The van der Waals surface area contributed by atoms with Gasteiger partial charge in [0.2, 0.25) is 0 Å². The summed E-state index contributed by atoms with van der Waals surface area (Å²) >= 11 is 0. The molecule has 0 aliphatic carbocycles. The highest BCUT2D eigenvalue weighted by Gasteiger charge is 2.21. The van der Waals surface area contributed by atoms with Crippen LogP contribution < -0.4 is 10.2 Å². The van der Waals surface area contributed by atoms with E-state index in [1.165, 1.54) is 5.56 Å². The Bertz CT molecular complexity index is 590. The van der Waals surface area contributed by atoms with Crippen LogP contribution in [0.15, 0.2) is 54.7 Å². The van der Waals surface area contributed by atoms with E-state index in [1.54, 1.807) is 0 Å². The molecule has 1 aromatic carbocycles. The smallest absolute Gasteiger partial charge is 0.128 e. The maximum Gasteiger partial charge on any atom is 0.128 e. The average Bonchev–Trinajstić information content (AvgIpc) is 2.64. The van der Waals surface area contributed by atoms with Crippen molar-refractivity contribution in [3.05, 3.63) is 60.3 Å². The van der Waals surface area contributed by atoms with Crippen LogP contribution in [0.2, 0.25) is 0 Å². The van der Waals surface area contributed by atoms with Crippen molar-refractivity contribution in [2.75, 3.05) is 31.2 Å². The molecule has 3 rings (SSSR count). The summed E-state index contributed by atoms with van der Waals surface area (Å²) in [6.07, 6.45) is 2.96. The first-order valence-electron chi connectivity index (χ1n) is 8.84. The van der Waals surface area contributed by atoms with Crippen LogP contribution in [-0.4, -0.2) is 37.3 Å². The van der Waals surface area contributed by atoms with Gasteiger partial charge in [-0.2, -0.15) is 0 Å². The summed E-state index contributed by atoms with van der Waals surface area (Å²) in [4.78, 5) is 6.87. The lowest BCUT2D eigenvalue weighted by Crippen LogP contribution is -2.44. The Labute approximate surface area is 144 Å². The third kappa shape index (κ3) is 4.79. The molecule has 0 bridgehead atoms. The summed E-state index contributed by atoms with van der Waals surface area (Å²) in [5, 5.41) is 3.71. The maximum absolute atomic E-state index is 5.53. The van der Waals surface area contributed by atoms with Crippen molar-refractivity contribution >= 4 is 5.82 Å². The van der Waals surface area contributed by atoms with Gasteiger partial charge in [0.15, 0.2) is 0 Å². The number of aromatic nitrogens is 1. The number of rotatable bonds is 7. The molecule has 2 unspecified atom stereocenters. The first-order chi connectivity index (χ1) is 11.8. The molecule has 24 heavy (non-hydrogen) atoms. The summed E-state index contributed by atoms with van der Waals surface area (Å²) in [7, 11) is 0. The van der Waals surface area contributed by atoms with Crippen LogP contribution in [-0.2, 0) is 11.3 Å². The normalized spacial score (nSPS) is 20.7. The van der Waals surface area contributed by atoms with Crippen molar-refractivity contribution in [2.24, 2.45) is 5.92 Å². The van der Waals surface area contributed by atoms with Crippen molar-refractivity contribution in [2.45, 2.75) is 25.9 Å². The second-order valence-electron chi connectivity index (χ2n) is 6.50. The molecule has 2 atom stereocenters. The fourth-order valence-electron chi connectivity index (χ4n) is 3.19. The lowest BCUT2D eigenvalue weighted by atomic mass is 9.98. The summed E-state index contributed by atoms with van der Waals surface area (Å²) in [6, 6.07) is 17.2. The Hall–Kier alpha value is -1.91. The van der Waals surface area contributed by atoms with Crippen molar-refractivity contribution in [1.29, 1.82) is 0 Å². The minimum absolute atomic E-state index is 0.557. The zero-order chi connectivity index (χ0) is 16.6. The molecule has 1 aliphatic heterocycles. The van der Waals surface area contributed by atoms with Gasteiger partial charge in [-0.3, -0.25) is 0 Å². The van der Waals surface area contributed by atoms with Gasteiger partial charge in [-0.25, -0.2) is 4.98 Å². The highest BCUT2D eigenvalue weighted by atomic mass is 16.5. The van der Waals surface area contributed by atoms with E-state index in [4.69, 9.17) is 4.74 Å². The topological polar surface area (TPSA) is 37.4 Å². The molecule has 0 amide bonds. The molecule has 1 N–H and O–H groups in total. The van der Waals surface area contributed by atoms with Gasteiger partial charge < -0.3 is 15.0 Å². The molecule has 2 heterocycles. The first-order valence-corrected chi connectivity index (χ1v) is 8.84. The molecule has 1 saturated heterocycles. The van der Waals surface area contributed by atoms with Gasteiger partial charge in [0.1, 0.15) is 5.82 Å². The molecule has 1 fully saturated rings. The standard InChI is InChI=1S/C20H27N3O/c1-17-16-24-14-10-19(17)21-12-13-23(20-9-5-6-11-22-20)15-18-7-3-2-4-8-18/h2-9,11,17,19,21H,10,12-16H2,1H3. The van der Waals surface area contributed by atoms with Crippen LogP contribution in [0, 0.1) is 5.92 Å². The molecule has 0 saturated carbocycles. The third-order valence-electron chi connectivity index (χ3n) is 4.62. The van der Waals surface area contributed by atoms with Gasteiger partial charge in [-0.05, 0) is 30.0 Å². The number of benzene rings is 1. The van der Waals surface area contributed by atoms with Gasteiger partial charge in [-0.15, -0.1) is 0 Å². The number of nitrogens with one attached hydrogen (secondary N) is 1. The Morgan fingerprint density at radius 2 is 2.00 bits per heavy atom. The SMILES string of the molecule is CC1COCCC1NCCN(Cc1ccccc1)c1ccccn1. The van der Waals surface area contributed by atoms with E-state index in [1.807, 2.05) is 18.3 Å². The maximum atomic E-state index is 5.53. The number of anilines is 1. The van der Waals surface area contributed by atoms with Crippen LogP contribution in [0.5, 0.6) is 0 Å².